The fourth-order valence-electron chi connectivity index (χ4n) is 0.950. The Morgan fingerprint density at radius 1 is 1.40 bits per heavy atom. The summed E-state index contributed by atoms with van der Waals surface area (Å²) in [4.78, 5) is 0. The molecule has 0 aliphatic rings. The van der Waals surface area contributed by atoms with Gasteiger partial charge in [0.05, 0.1) is 0 Å². The van der Waals surface area contributed by atoms with E-state index in [0.29, 0.717) is 6.04 Å². The summed E-state index contributed by atoms with van der Waals surface area (Å²) in [5.41, 5.74) is 5.61. The van der Waals surface area contributed by atoms with Crippen molar-refractivity contribution in [1.82, 2.24) is 0 Å². The minimum absolute atomic E-state index is 0.354. The van der Waals surface area contributed by atoms with E-state index in [0.717, 1.165) is 18.8 Å². The zero-order valence-corrected chi connectivity index (χ0v) is 7.14. The van der Waals surface area contributed by atoms with Gasteiger partial charge >= 0.3 is 0 Å². The molecule has 2 unspecified atom stereocenters. The Kier molecular flexibility index (Phi) is 5.32. The number of hydrogen-bond acceptors (Lipinski definition) is 1. The fraction of sp³-hybridized carbons (Fsp3) is 0.778. The van der Waals surface area contributed by atoms with Crippen LogP contribution in [0.4, 0.5) is 0 Å². The molecule has 0 aliphatic heterocycles. The van der Waals surface area contributed by atoms with E-state index in [4.69, 9.17) is 5.73 Å². The van der Waals surface area contributed by atoms with Crippen LogP contribution in [0.15, 0.2) is 12.7 Å². The summed E-state index contributed by atoms with van der Waals surface area (Å²) in [6.45, 7) is 7.99. The van der Waals surface area contributed by atoms with E-state index >= 15 is 0 Å². The topological polar surface area (TPSA) is 26.0 Å². The molecule has 0 radical (unpaired) electrons. The van der Waals surface area contributed by atoms with Crippen molar-refractivity contribution in [2.75, 3.05) is 0 Å². The largest absolute Gasteiger partial charge is 0.328 e. The van der Waals surface area contributed by atoms with Crippen LogP contribution < -0.4 is 5.73 Å². The second kappa shape index (κ2) is 5.48. The maximum atomic E-state index is 5.61. The van der Waals surface area contributed by atoms with Crippen molar-refractivity contribution in [3.8, 4) is 0 Å². The Hall–Kier alpha value is -0.300. The van der Waals surface area contributed by atoms with Gasteiger partial charge in [0.1, 0.15) is 0 Å². The SMILES string of the molecule is C=CCC(C)CCC(C)N. The molecule has 0 rings (SSSR count). The summed E-state index contributed by atoms with van der Waals surface area (Å²) in [6.07, 6.45) is 5.46. The number of hydrogen-bond donors (Lipinski definition) is 1. The molecule has 0 aliphatic carbocycles. The summed E-state index contributed by atoms with van der Waals surface area (Å²) in [5, 5.41) is 0. The first kappa shape index (κ1) is 9.70. The molecular formula is C9H19N. The maximum absolute atomic E-state index is 5.61. The van der Waals surface area contributed by atoms with E-state index in [2.05, 4.69) is 20.4 Å². The third kappa shape index (κ3) is 5.83. The molecule has 0 heterocycles. The molecule has 1 heteroatoms. The quantitative estimate of drug-likeness (QED) is 0.584. The van der Waals surface area contributed by atoms with Crippen LogP contribution in [0.5, 0.6) is 0 Å². The number of rotatable bonds is 5. The summed E-state index contributed by atoms with van der Waals surface area (Å²) in [5.74, 6) is 0.753. The highest BCUT2D eigenvalue weighted by Gasteiger charge is 2.00. The van der Waals surface area contributed by atoms with Crippen LogP contribution in [0.2, 0.25) is 0 Å². The summed E-state index contributed by atoms with van der Waals surface area (Å²) < 4.78 is 0. The van der Waals surface area contributed by atoms with Crippen LogP contribution in [0.3, 0.4) is 0 Å². The van der Waals surface area contributed by atoms with Crippen molar-refractivity contribution in [3.63, 3.8) is 0 Å². The average Bonchev–Trinajstić information content (AvgIpc) is 1.85. The minimum Gasteiger partial charge on any atom is -0.328 e. The zero-order valence-electron chi connectivity index (χ0n) is 7.14. The number of nitrogens with two attached hydrogens (primary N) is 1. The molecule has 0 spiro atoms. The molecule has 0 bridgehead atoms. The summed E-state index contributed by atoms with van der Waals surface area (Å²) in [7, 11) is 0. The standard InChI is InChI=1S/C9H19N/c1-4-5-8(2)6-7-9(3)10/h4,8-9H,1,5-7,10H2,2-3H3. The first-order valence-corrected chi connectivity index (χ1v) is 4.03. The highest BCUT2D eigenvalue weighted by atomic mass is 14.6. The van der Waals surface area contributed by atoms with Gasteiger partial charge < -0.3 is 5.73 Å². The van der Waals surface area contributed by atoms with E-state index in [-0.39, 0.29) is 0 Å². The average molecular weight is 141 g/mol. The minimum atomic E-state index is 0.354. The third-order valence-electron chi connectivity index (χ3n) is 1.68. The Bertz CT molecular complexity index is 86.7. The monoisotopic (exact) mass is 141 g/mol. The fourth-order valence-corrected chi connectivity index (χ4v) is 0.950. The summed E-state index contributed by atoms with van der Waals surface area (Å²) in [6, 6.07) is 0.354. The Labute approximate surface area is 64.3 Å². The molecule has 0 aromatic rings. The first-order chi connectivity index (χ1) is 4.66. The normalized spacial score (nSPS) is 16.3. The Morgan fingerprint density at radius 3 is 2.40 bits per heavy atom. The Balaban J connectivity index is 3.20. The van der Waals surface area contributed by atoms with Crippen LogP contribution in [0.1, 0.15) is 33.1 Å². The van der Waals surface area contributed by atoms with Gasteiger partial charge in [-0.25, -0.2) is 0 Å². The van der Waals surface area contributed by atoms with Crippen molar-refractivity contribution >= 4 is 0 Å². The van der Waals surface area contributed by atoms with Gasteiger partial charge in [-0.3, -0.25) is 0 Å². The third-order valence-corrected chi connectivity index (χ3v) is 1.68. The van der Waals surface area contributed by atoms with E-state index < -0.39 is 0 Å². The maximum Gasteiger partial charge on any atom is 0.00105 e. The van der Waals surface area contributed by atoms with Crippen molar-refractivity contribution < 1.29 is 0 Å². The van der Waals surface area contributed by atoms with Crippen molar-refractivity contribution in [2.24, 2.45) is 11.7 Å². The van der Waals surface area contributed by atoms with Crippen molar-refractivity contribution in [1.29, 1.82) is 0 Å². The van der Waals surface area contributed by atoms with Gasteiger partial charge in [0.25, 0.3) is 0 Å². The van der Waals surface area contributed by atoms with E-state index in [1.54, 1.807) is 0 Å². The highest BCUT2D eigenvalue weighted by Crippen LogP contribution is 2.10. The highest BCUT2D eigenvalue weighted by molar-refractivity contribution is 4.71. The molecule has 1 nitrogen and oxygen atoms in total. The van der Waals surface area contributed by atoms with E-state index in [1.165, 1.54) is 6.42 Å². The van der Waals surface area contributed by atoms with Crippen LogP contribution >= 0.6 is 0 Å². The lowest BCUT2D eigenvalue weighted by molar-refractivity contribution is 0.485. The molecule has 2 atom stereocenters. The lowest BCUT2D eigenvalue weighted by atomic mass is 10.00. The molecule has 0 saturated heterocycles. The van der Waals surface area contributed by atoms with Crippen LogP contribution in [0, 0.1) is 5.92 Å². The van der Waals surface area contributed by atoms with Crippen LogP contribution in [0.25, 0.3) is 0 Å². The molecule has 0 fully saturated rings. The van der Waals surface area contributed by atoms with Gasteiger partial charge in [-0.1, -0.05) is 13.0 Å². The second-order valence-electron chi connectivity index (χ2n) is 3.18. The first-order valence-electron chi connectivity index (χ1n) is 4.03. The van der Waals surface area contributed by atoms with Crippen molar-refractivity contribution in [3.05, 3.63) is 12.7 Å². The Morgan fingerprint density at radius 2 is 2.00 bits per heavy atom. The molecule has 2 N–H and O–H groups in total. The van der Waals surface area contributed by atoms with Crippen LogP contribution in [-0.4, -0.2) is 6.04 Å². The van der Waals surface area contributed by atoms with Gasteiger partial charge in [0.2, 0.25) is 0 Å². The van der Waals surface area contributed by atoms with Gasteiger partial charge in [-0.05, 0) is 32.1 Å². The van der Waals surface area contributed by atoms with Crippen LogP contribution in [-0.2, 0) is 0 Å². The molecule has 0 aromatic heterocycles. The van der Waals surface area contributed by atoms with Gasteiger partial charge in [0.15, 0.2) is 0 Å². The van der Waals surface area contributed by atoms with E-state index in [9.17, 15) is 0 Å². The van der Waals surface area contributed by atoms with E-state index in [1.807, 2.05) is 6.08 Å². The lowest BCUT2D eigenvalue weighted by Crippen LogP contribution is -2.15. The second-order valence-corrected chi connectivity index (χ2v) is 3.18. The molecular weight excluding hydrogens is 122 g/mol. The smallest absolute Gasteiger partial charge is 0.00105 e. The molecule has 0 aromatic carbocycles. The molecule has 10 heavy (non-hydrogen) atoms. The zero-order chi connectivity index (χ0) is 7.98. The molecule has 60 valence electrons. The lowest BCUT2D eigenvalue weighted by Gasteiger charge is -2.09. The molecule has 0 amide bonds. The van der Waals surface area contributed by atoms with Gasteiger partial charge in [-0.15, -0.1) is 6.58 Å². The molecule has 0 saturated carbocycles. The van der Waals surface area contributed by atoms with Gasteiger partial charge in [-0.2, -0.15) is 0 Å². The predicted molar refractivity (Wildman–Crippen MR) is 46.9 cm³/mol. The number of allylic oxidation sites excluding steroid dienone is 1. The summed E-state index contributed by atoms with van der Waals surface area (Å²) >= 11 is 0. The predicted octanol–water partition coefficient (Wildman–Crippen LogP) is 2.33. The van der Waals surface area contributed by atoms with Crippen molar-refractivity contribution in [2.45, 2.75) is 39.2 Å². The van der Waals surface area contributed by atoms with Gasteiger partial charge in [0, 0.05) is 6.04 Å².